The predicted octanol–water partition coefficient (Wildman–Crippen LogP) is 1.11. The van der Waals surface area contributed by atoms with Gasteiger partial charge in [-0.25, -0.2) is 0 Å². The van der Waals surface area contributed by atoms with Crippen molar-refractivity contribution < 1.29 is 9.59 Å². The van der Waals surface area contributed by atoms with Crippen LogP contribution < -0.4 is 5.73 Å². The summed E-state index contributed by atoms with van der Waals surface area (Å²) in [6, 6.07) is 0. The lowest BCUT2D eigenvalue weighted by molar-refractivity contribution is -0.123. The molecule has 0 aromatic carbocycles. The van der Waals surface area contributed by atoms with E-state index in [9.17, 15) is 9.59 Å². The van der Waals surface area contributed by atoms with Crippen molar-refractivity contribution in [3.05, 3.63) is 0 Å². The average molecular weight is 171 g/mol. The van der Waals surface area contributed by atoms with E-state index in [2.05, 4.69) is 0 Å². The van der Waals surface area contributed by atoms with Crippen molar-refractivity contribution in [2.45, 2.75) is 33.6 Å². The summed E-state index contributed by atoms with van der Waals surface area (Å²) in [6.07, 6.45) is 1.04. The molecule has 0 spiro atoms. The molecular weight excluding hydrogens is 154 g/mol. The van der Waals surface area contributed by atoms with Gasteiger partial charge in [0.1, 0.15) is 5.78 Å². The second-order valence-corrected chi connectivity index (χ2v) is 3.46. The lowest BCUT2D eigenvalue weighted by Crippen LogP contribution is -2.21. The number of carbonyl (C=O) groups excluding carboxylic acids is 2. The van der Waals surface area contributed by atoms with Gasteiger partial charge in [-0.1, -0.05) is 20.8 Å². The van der Waals surface area contributed by atoms with Crippen LogP contribution in [0.25, 0.3) is 0 Å². The van der Waals surface area contributed by atoms with E-state index in [1.807, 2.05) is 13.8 Å². The SMILES string of the molecule is CC(C)C(=O)CC[C@H](C)C(N)=O. The van der Waals surface area contributed by atoms with E-state index < -0.39 is 0 Å². The van der Waals surface area contributed by atoms with Crippen LogP contribution in [0.4, 0.5) is 0 Å². The van der Waals surface area contributed by atoms with Gasteiger partial charge in [0.05, 0.1) is 0 Å². The molecular formula is C9H17NO2. The van der Waals surface area contributed by atoms with Gasteiger partial charge in [-0.2, -0.15) is 0 Å². The first-order valence-electron chi connectivity index (χ1n) is 4.27. The van der Waals surface area contributed by atoms with Crippen molar-refractivity contribution in [2.75, 3.05) is 0 Å². The van der Waals surface area contributed by atoms with Crippen LogP contribution in [0.5, 0.6) is 0 Å². The van der Waals surface area contributed by atoms with Crippen molar-refractivity contribution in [2.24, 2.45) is 17.6 Å². The van der Waals surface area contributed by atoms with Gasteiger partial charge in [-0.15, -0.1) is 0 Å². The summed E-state index contributed by atoms with van der Waals surface area (Å²) in [5.74, 6) is -0.257. The Labute approximate surface area is 73.3 Å². The number of primary amides is 1. The summed E-state index contributed by atoms with van der Waals surface area (Å²) in [5, 5.41) is 0. The topological polar surface area (TPSA) is 60.2 Å². The third-order valence-corrected chi connectivity index (χ3v) is 1.95. The van der Waals surface area contributed by atoms with E-state index in [1.165, 1.54) is 0 Å². The number of hydrogen-bond acceptors (Lipinski definition) is 2. The third kappa shape index (κ3) is 4.11. The summed E-state index contributed by atoms with van der Waals surface area (Å²) in [6.45, 7) is 5.46. The first kappa shape index (κ1) is 11.1. The quantitative estimate of drug-likeness (QED) is 0.673. The number of ketones is 1. The fourth-order valence-electron chi connectivity index (χ4n) is 0.790. The van der Waals surface area contributed by atoms with Crippen LogP contribution >= 0.6 is 0 Å². The minimum absolute atomic E-state index is 0.0603. The van der Waals surface area contributed by atoms with Crippen molar-refractivity contribution in [1.82, 2.24) is 0 Å². The molecule has 0 bridgehead atoms. The maximum absolute atomic E-state index is 11.1. The van der Waals surface area contributed by atoms with E-state index in [1.54, 1.807) is 6.92 Å². The van der Waals surface area contributed by atoms with Crippen LogP contribution in [0.3, 0.4) is 0 Å². The molecule has 0 aliphatic rings. The van der Waals surface area contributed by atoms with Crippen molar-refractivity contribution in [1.29, 1.82) is 0 Å². The Morgan fingerprint density at radius 2 is 1.75 bits per heavy atom. The van der Waals surface area contributed by atoms with Crippen LogP contribution in [0.2, 0.25) is 0 Å². The average Bonchev–Trinajstić information content (AvgIpc) is 1.98. The molecule has 3 heteroatoms. The van der Waals surface area contributed by atoms with Gasteiger partial charge in [0.25, 0.3) is 0 Å². The second-order valence-electron chi connectivity index (χ2n) is 3.46. The Hall–Kier alpha value is -0.860. The number of hydrogen-bond donors (Lipinski definition) is 1. The van der Waals surface area contributed by atoms with Crippen LogP contribution in [0.1, 0.15) is 33.6 Å². The molecule has 0 fully saturated rings. The number of Topliss-reactive ketones (excluding diaryl/α,β-unsaturated/α-hetero) is 1. The molecule has 0 aliphatic carbocycles. The zero-order chi connectivity index (χ0) is 9.72. The summed E-state index contributed by atoms with van der Waals surface area (Å²) in [7, 11) is 0. The van der Waals surface area contributed by atoms with Gasteiger partial charge in [0.2, 0.25) is 5.91 Å². The number of carbonyl (C=O) groups is 2. The maximum atomic E-state index is 11.1. The van der Waals surface area contributed by atoms with E-state index in [0.717, 1.165) is 0 Å². The molecule has 0 heterocycles. The molecule has 0 aliphatic heterocycles. The Bertz CT molecular complexity index is 175. The monoisotopic (exact) mass is 171 g/mol. The lowest BCUT2D eigenvalue weighted by atomic mass is 9.98. The first-order valence-corrected chi connectivity index (χ1v) is 4.27. The largest absolute Gasteiger partial charge is 0.369 e. The molecule has 12 heavy (non-hydrogen) atoms. The Morgan fingerprint density at radius 1 is 1.25 bits per heavy atom. The van der Waals surface area contributed by atoms with E-state index in [-0.39, 0.29) is 23.5 Å². The molecule has 0 aromatic heterocycles. The molecule has 2 N–H and O–H groups in total. The molecule has 70 valence electrons. The molecule has 3 nitrogen and oxygen atoms in total. The number of rotatable bonds is 5. The highest BCUT2D eigenvalue weighted by Gasteiger charge is 2.12. The number of nitrogens with two attached hydrogens (primary N) is 1. The van der Waals surface area contributed by atoms with E-state index in [4.69, 9.17) is 5.73 Å². The smallest absolute Gasteiger partial charge is 0.220 e. The Morgan fingerprint density at radius 3 is 2.08 bits per heavy atom. The van der Waals surface area contributed by atoms with Gasteiger partial charge < -0.3 is 5.73 Å². The summed E-state index contributed by atoms with van der Waals surface area (Å²) < 4.78 is 0. The van der Waals surface area contributed by atoms with Crippen LogP contribution in [-0.2, 0) is 9.59 Å². The van der Waals surface area contributed by atoms with E-state index in [0.29, 0.717) is 12.8 Å². The first-order chi connectivity index (χ1) is 5.45. The summed E-state index contributed by atoms with van der Waals surface area (Å²) in [5.41, 5.74) is 5.05. The highest BCUT2D eigenvalue weighted by Crippen LogP contribution is 2.08. The van der Waals surface area contributed by atoms with Gasteiger partial charge in [-0.3, -0.25) is 9.59 Å². The Kier molecular flexibility index (Phi) is 4.55. The Balaban J connectivity index is 3.69. The van der Waals surface area contributed by atoms with E-state index >= 15 is 0 Å². The fourth-order valence-corrected chi connectivity index (χ4v) is 0.790. The third-order valence-electron chi connectivity index (χ3n) is 1.95. The van der Waals surface area contributed by atoms with Crippen molar-refractivity contribution in [3.8, 4) is 0 Å². The highest BCUT2D eigenvalue weighted by atomic mass is 16.1. The molecule has 0 aromatic rings. The molecule has 0 rings (SSSR count). The second kappa shape index (κ2) is 4.91. The van der Waals surface area contributed by atoms with Crippen LogP contribution in [-0.4, -0.2) is 11.7 Å². The molecule has 1 amide bonds. The normalized spacial score (nSPS) is 13.0. The minimum atomic E-state index is -0.327. The molecule has 0 unspecified atom stereocenters. The highest BCUT2D eigenvalue weighted by molar-refractivity contribution is 5.81. The van der Waals surface area contributed by atoms with Gasteiger partial charge in [0, 0.05) is 18.3 Å². The van der Waals surface area contributed by atoms with Gasteiger partial charge in [0.15, 0.2) is 0 Å². The molecule has 0 saturated carbocycles. The van der Waals surface area contributed by atoms with Crippen molar-refractivity contribution in [3.63, 3.8) is 0 Å². The number of amides is 1. The minimum Gasteiger partial charge on any atom is -0.369 e. The van der Waals surface area contributed by atoms with Crippen molar-refractivity contribution >= 4 is 11.7 Å². The molecule has 0 saturated heterocycles. The van der Waals surface area contributed by atoms with Gasteiger partial charge >= 0.3 is 0 Å². The van der Waals surface area contributed by atoms with Crippen LogP contribution in [0.15, 0.2) is 0 Å². The molecule has 1 atom stereocenters. The zero-order valence-corrected chi connectivity index (χ0v) is 7.96. The van der Waals surface area contributed by atoms with Gasteiger partial charge in [-0.05, 0) is 6.42 Å². The maximum Gasteiger partial charge on any atom is 0.220 e. The summed E-state index contributed by atoms with van der Waals surface area (Å²) >= 11 is 0. The fraction of sp³-hybridized carbons (Fsp3) is 0.778. The standard InChI is InChI=1S/C9H17NO2/c1-6(2)8(11)5-4-7(3)9(10)12/h6-7H,4-5H2,1-3H3,(H2,10,12)/t7-/m0/s1. The summed E-state index contributed by atoms with van der Waals surface area (Å²) in [4.78, 5) is 21.7. The predicted molar refractivity (Wildman–Crippen MR) is 47.4 cm³/mol. The lowest BCUT2D eigenvalue weighted by Gasteiger charge is -2.07. The molecule has 0 radical (unpaired) electrons. The zero-order valence-electron chi connectivity index (χ0n) is 7.96. The van der Waals surface area contributed by atoms with Crippen LogP contribution in [0, 0.1) is 11.8 Å².